The van der Waals surface area contributed by atoms with Crippen molar-refractivity contribution in [1.29, 1.82) is 0 Å². The lowest BCUT2D eigenvalue weighted by Crippen LogP contribution is -2.36. The number of piperidine rings is 1. The Balaban J connectivity index is 1.52. The maximum Gasteiger partial charge on any atom is 0.140 e. The van der Waals surface area contributed by atoms with E-state index in [1.54, 1.807) is 17.7 Å². The molecule has 1 saturated carbocycles. The van der Waals surface area contributed by atoms with Gasteiger partial charge in [-0.05, 0) is 60.2 Å². The van der Waals surface area contributed by atoms with Crippen LogP contribution in [-0.4, -0.2) is 38.8 Å². The summed E-state index contributed by atoms with van der Waals surface area (Å²) in [7, 11) is 1.98. The first kappa shape index (κ1) is 14.4. The summed E-state index contributed by atoms with van der Waals surface area (Å²) in [4.78, 5) is 7.05. The molecule has 1 aliphatic carbocycles. The van der Waals surface area contributed by atoms with Crippen LogP contribution in [0, 0.1) is 5.41 Å². The highest BCUT2D eigenvalue weighted by Gasteiger charge is 2.56. The molecule has 118 valence electrons. The second kappa shape index (κ2) is 5.76. The van der Waals surface area contributed by atoms with Crippen LogP contribution in [0.25, 0.3) is 0 Å². The molecule has 0 radical (unpaired) electrons. The summed E-state index contributed by atoms with van der Waals surface area (Å²) in [5.41, 5.74) is 1.98. The Morgan fingerprint density at radius 1 is 1.41 bits per heavy atom. The van der Waals surface area contributed by atoms with Gasteiger partial charge < -0.3 is 5.32 Å². The van der Waals surface area contributed by atoms with Gasteiger partial charge in [0, 0.05) is 19.6 Å². The molecular weight excluding hydrogens is 294 g/mol. The van der Waals surface area contributed by atoms with E-state index in [2.05, 4.69) is 37.1 Å². The maximum atomic E-state index is 4.43. The van der Waals surface area contributed by atoms with Gasteiger partial charge in [-0.3, -0.25) is 9.58 Å². The van der Waals surface area contributed by atoms with Gasteiger partial charge in [0.25, 0.3) is 0 Å². The molecular formula is C16H23N5S. The Morgan fingerprint density at radius 2 is 2.27 bits per heavy atom. The van der Waals surface area contributed by atoms with Crippen LogP contribution in [0.3, 0.4) is 0 Å². The van der Waals surface area contributed by atoms with Crippen LogP contribution in [-0.2, 0) is 20.1 Å². The Kier molecular flexibility index (Phi) is 3.76. The van der Waals surface area contributed by atoms with Crippen molar-refractivity contribution in [2.75, 3.05) is 13.1 Å². The minimum atomic E-state index is 0.555. The Labute approximate surface area is 135 Å². The quantitative estimate of drug-likeness (QED) is 0.916. The van der Waals surface area contributed by atoms with Crippen LogP contribution in [0.4, 0.5) is 0 Å². The van der Waals surface area contributed by atoms with Gasteiger partial charge in [0.2, 0.25) is 0 Å². The molecule has 2 aromatic rings. The Morgan fingerprint density at radius 3 is 2.95 bits per heavy atom. The lowest BCUT2D eigenvalue weighted by atomic mass is 9.93. The largest absolute Gasteiger partial charge is 0.317 e. The molecule has 3 heterocycles. The average molecular weight is 317 g/mol. The van der Waals surface area contributed by atoms with E-state index in [4.69, 9.17) is 0 Å². The molecule has 1 N–H and O–H groups in total. The molecule has 2 fully saturated rings. The van der Waals surface area contributed by atoms with Gasteiger partial charge in [0.1, 0.15) is 12.2 Å². The predicted octanol–water partition coefficient (Wildman–Crippen LogP) is 2.02. The van der Waals surface area contributed by atoms with E-state index in [0.29, 0.717) is 11.5 Å². The fourth-order valence-electron chi connectivity index (χ4n) is 3.84. The number of aromatic nitrogens is 3. The number of rotatable bonds is 5. The topological polar surface area (TPSA) is 46.0 Å². The van der Waals surface area contributed by atoms with Crippen molar-refractivity contribution in [1.82, 2.24) is 25.0 Å². The second-order valence-corrected chi connectivity index (χ2v) is 7.45. The predicted molar refractivity (Wildman–Crippen MR) is 87.5 cm³/mol. The summed E-state index contributed by atoms with van der Waals surface area (Å²) in [6.07, 6.45) is 5.63. The van der Waals surface area contributed by atoms with Gasteiger partial charge >= 0.3 is 0 Å². The zero-order valence-corrected chi connectivity index (χ0v) is 13.9. The van der Waals surface area contributed by atoms with Crippen LogP contribution in [0.1, 0.15) is 30.7 Å². The SMILES string of the molecule is Cn1ncnc1CN(Cc1ccsc1)[C@@H]1CC12CCNCC2. The Hall–Kier alpha value is -1.24. The molecule has 0 aromatic carbocycles. The van der Waals surface area contributed by atoms with Gasteiger partial charge in [-0.15, -0.1) is 0 Å². The average Bonchev–Trinajstić information content (AvgIpc) is 2.90. The molecule has 1 atom stereocenters. The van der Waals surface area contributed by atoms with Crippen molar-refractivity contribution >= 4 is 11.3 Å². The van der Waals surface area contributed by atoms with E-state index >= 15 is 0 Å². The zero-order valence-electron chi connectivity index (χ0n) is 13.0. The van der Waals surface area contributed by atoms with E-state index in [1.165, 1.54) is 37.9 Å². The van der Waals surface area contributed by atoms with E-state index in [1.807, 2.05) is 11.7 Å². The normalized spacial score (nSPS) is 23.3. The maximum absolute atomic E-state index is 4.43. The van der Waals surface area contributed by atoms with Crippen molar-refractivity contribution in [3.05, 3.63) is 34.5 Å². The number of thiophene rings is 1. The molecule has 0 bridgehead atoms. The van der Waals surface area contributed by atoms with E-state index in [9.17, 15) is 0 Å². The summed E-state index contributed by atoms with van der Waals surface area (Å²) in [6.45, 7) is 4.27. The van der Waals surface area contributed by atoms with Gasteiger partial charge in [-0.2, -0.15) is 16.4 Å². The number of aryl methyl sites for hydroxylation is 1. The van der Waals surface area contributed by atoms with Crippen molar-refractivity contribution in [3.8, 4) is 0 Å². The summed E-state index contributed by atoms with van der Waals surface area (Å²) < 4.78 is 1.90. The fourth-order valence-corrected chi connectivity index (χ4v) is 4.50. The van der Waals surface area contributed by atoms with Crippen LogP contribution < -0.4 is 5.32 Å². The van der Waals surface area contributed by atoms with Crippen molar-refractivity contribution < 1.29 is 0 Å². The number of hydrogen-bond donors (Lipinski definition) is 1. The summed E-state index contributed by atoms with van der Waals surface area (Å²) >= 11 is 1.78. The van der Waals surface area contributed by atoms with Gasteiger partial charge in [0.15, 0.2) is 0 Å². The van der Waals surface area contributed by atoms with E-state index in [0.717, 1.165) is 18.9 Å². The fraction of sp³-hybridized carbons (Fsp3) is 0.625. The van der Waals surface area contributed by atoms with Gasteiger partial charge in [0.05, 0.1) is 6.54 Å². The first-order chi connectivity index (χ1) is 10.8. The van der Waals surface area contributed by atoms with Crippen LogP contribution in [0.2, 0.25) is 0 Å². The van der Waals surface area contributed by atoms with Gasteiger partial charge in [-0.25, -0.2) is 4.98 Å². The molecule has 1 aliphatic heterocycles. The molecule has 2 aromatic heterocycles. The third-order valence-electron chi connectivity index (χ3n) is 5.30. The number of nitrogens with one attached hydrogen (secondary N) is 1. The standard InChI is InChI=1S/C16H23N5S/c1-20-15(18-12-19-20)10-21(9-13-2-7-22-11-13)14-8-16(14)3-5-17-6-4-16/h2,7,11-12,14,17H,3-6,8-10H2,1H3/t14-/m1/s1. The lowest BCUT2D eigenvalue weighted by Gasteiger charge is -2.29. The smallest absolute Gasteiger partial charge is 0.140 e. The van der Waals surface area contributed by atoms with Crippen molar-refractivity contribution in [3.63, 3.8) is 0 Å². The second-order valence-electron chi connectivity index (χ2n) is 6.67. The third kappa shape index (κ3) is 2.71. The number of hydrogen-bond acceptors (Lipinski definition) is 5. The summed E-state index contributed by atoms with van der Waals surface area (Å²) in [5.74, 6) is 1.06. The molecule has 0 amide bonds. The molecule has 22 heavy (non-hydrogen) atoms. The summed E-state index contributed by atoms with van der Waals surface area (Å²) in [5, 5.41) is 12.2. The Bertz CT molecular complexity index is 614. The monoisotopic (exact) mass is 317 g/mol. The third-order valence-corrected chi connectivity index (χ3v) is 6.03. The van der Waals surface area contributed by atoms with Crippen molar-refractivity contribution in [2.45, 2.75) is 38.4 Å². The molecule has 4 rings (SSSR count). The van der Waals surface area contributed by atoms with Crippen molar-refractivity contribution in [2.24, 2.45) is 12.5 Å². The molecule has 1 spiro atoms. The lowest BCUT2D eigenvalue weighted by molar-refractivity contribution is 0.182. The summed E-state index contributed by atoms with van der Waals surface area (Å²) in [6, 6.07) is 2.94. The van der Waals surface area contributed by atoms with Crippen LogP contribution >= 0.6 is 11.3 Å². The highest BCUT2D eigenvalue weighted by molar-refractivity contribution is 7.07. The van der Waals surface area contributed by atoms with Crippen LogP contribution in [0.15, 0.2) is 23.2 Å². The highest BCUT2D eigenvalue weighted by atomic mass is 32.1. The molecule has 5 nitrogen and oxygen atoms in total. The first-order valence-corrected chi connectivity index (χ1v) is 9.00. The highest BCUT2D eigenvalue weighted by Crippen LogP contribution is 2.56. The minimum absolute atomic E-state index is 0.555. The van der Waals surface area contributed by atoms with E-state index in [-0.39, 0.29) is 0 Å². The minimum Gasteiger partial charge on any atom is -0.317 e. The van der Waals surface area contributed by atoms with E-state index < -0.39 is 0 Å². The zero-order chi connectivity index (χ0) is 15.0. The molecule has 6 heteroatoms. The van der Waals surface area contributed by atoms with Crippen LogP contribution in [0.5, 0.6) is 0 Å². The molecule has 1 saturated heterocycles. The molecule has 2 aliphatic rings. The molecule has 0 unspecified atom stereocenters. The first-order valence-electron chi connectivity index (χ1n) is 8.06. The van der Waals surface area contributed by atoms with Gasteiger partial charge in [-0.1, -0.05) is 0 Å². The number of nitrogens with zero attached hydrogens (tertiary/aromatic N) is 4.